The molecule has 212 valence electrons. The van der Waals surface area contributed by atoms with Crippen molar-refractivity contribution in [2.75, 3.05) is 23.7 Å². The van der Waals surface area contributed by atoms with Gasteiger partial charge < -0.3 is 16.0 Å². The molecule has 3 heterocycles. The zero-order valence-electron chi connectivity index (χ0n) is 22.7. The van der Waals surface area contributed by atoms with Gasteiger partial charge in [0.1, 0.15) is 6.33 Å². The number of aromatic nitrogens is 4. The second-order valence-electron chi connectivity index (χ2n) is 10.2. The van der Waals surface area contributed by atoms with Crippen LogP contribution in [0, 0.1) is 12.8 Å². The summed E-state index contributed by atoms with van der Waals surface area (Å²) in [4.78, 5) is 29.9. The van der Waals surface area contributed by atoms with Gasteiger partial charge in [0.25, 0.3) is 5.91 Å². The summed E-state index contributed by atoms with van der Waals surface area (Å²) in [5.41, 5.74) is 2.66. The minimum Gasteiger partial charge on any atom is -0.324 e. The average molecular weight is 562 g/mol. The van der Waals surface area contributed by atoms with Crippen molar-refractivity contribution in [2.24, 2.45) is 5.92 Å². The average Bonchev–Trinajstić information content (AvgIpc) is 2.99. The van der Waals surface area contributed by atoms with Gasteiger partial charge in [0.2, 0.25) is 5.95 Å². The topological polar surface area (TPSA) is 105 Å². The Morgan fingerprint density at radius 3 is 2.54 bits per heavy atom. The van der Waals surface area contributed by atoms with Crippen molar-refractivity contribution in [1.29, 1.82) is 0 Å². The fraction of sp³-hybridized carbons (Fsp3) is 0.300. The van der Waals surface area contributed by atoms with Gasteiger partial charge in [-0.05, 0) is 86.1 Å². The minimum absolute atomic E-state index is 0.0604. The largest absolute Gasteiger partial charge is 0.416 e. The lowest BCUT2D eigenvalue weighted by atomic mass is 9.79. The van der Waals surface area contributed by atoms with Crippen molar-refractivity contribution >= 4 is 23.2 Å². The van der Waals surface area contributed by atoms with Crippen LogP contribution < -0.4 is 16.0 Å². The summed E-state index contributed by atoms with van der Waals surface area (Å²) >= 11 is 0. The number of rotatable bonds is 7. The Kier molecular flexibility index (Phi) is 8.25. The number of alkyl halides is 3. The number of benzene rings is 2. The molecule has 2 aromatic carbocycles. The van der Waals surface area contributed by atoms with E-state index in [-0.39, 0.29) is 23.0 Å². The summed E-state index contributed by atoms with van der Waals surface area (Å²) in [5.74, 6) is -0.423. The second-order valence-corrected chi connectivity index (χ2v) is 10.2. The van der Waals surface area contributed by atoms with Crippen LogP contribution in [0.4, 0.5) is 30.5 Å². The van der Waals surface area contributed by atoms with E-state index >= 15 is 0 Å². The minimum atomic E-state index is -4.58. The summed E-state index contributed by atoms with van der Waals surface area (Å²) in [6, 6.07) is 10.8. The first-order valence-electron chi connectivity index (χ1n) is 13.4. The van der Waals surface area contributed by atoms with Gasteiger partial charge in [-0.15, -0.1) is 0 Å². The number of nitrogens with one attached hydrogen (secondary N) is 3. The van der Waals surface area contributed by atoms with E-state index in [0.29, 0.717) is 23.0 Å². The molecule has 1 aliphatic heterocycles. The fourth-order valence-electron chi connectivity index (χ4n) is 5.11. The molecule has 1 aliphatic rings. The molecule has 0 spiro atoms. The summed E-state index contributed by atoms with van der Waals surface area (Å²) in [6.45, 7) is 5.31. The highest BCUT2D eigenvalue weighted by Gasteiger charge is 2.37. The van der Waals surface area contributed by atoms with Crippen molar-refractivity contribution in [3.8, 4) is 11.3 Å². The Labute approximate surface area is 235 Å². The van der Waals surface area contributed by atoms with Crippen LogP contribution in [0.5, 0.6) is 0 Å². The van der Waals surface area contributed by atoms with Gasteiger partial charge in [-0.2, -0.15) is 13.2 Å². The molecule has 0 radical (unpaired) electrons. The lowest BCUT2D eigenvalue weighted by Gasteiger charge is -2.30. The molecule has 4 aromatic rings. The van der Waals surface area contributed by atoms with Crippen LogP contribution in [0.3, 0.4) is 0 Å². The quantitative estimate of drug-likeness (QED) is 0.241. The van der Waals surface area contributed by atoms with Crippen LogP contribution in [0.15, 0.2) is 67.4 Å². The third-order valence-electron chi connectivity index (χ3n) is 7.46. The molecule has 11 heteroatoms. The van der Waals surface area contributed by atoms with Gasteiger partial charge in [-0.3, -0.25) is 4.79 Å². The van der Waals surface area contributed by atoms with E-state index in [2.05, 4.69) is 35.9 Å². The zero-order chi connectivity index (χ0) is 29.0. The predicted molar refractivity (Wildman–Crippen MR) is 151 cm³/mol. The summed E-state index contributed by atoms with van der Waals surface area (Å²) < 4.78 is 42.3. The third-order valence-corrected chi connectivity index (χ3v) is 7.46. The SMILES string of the molecule is Cc1ccc(NC(=O)c2ccc(C(C)C3CCNCC3)c(C(F)(F)F)c2)cc1Nc1nccc(-c2cncnc2)n1. The van der Waals surface area contributed by atoms with E-state index in [0.717, 1.165) is 43.1 Å². The summed E-state index contributed by atoms with van der Waals surface area (Å²) in [5, 5.41) is 9.13. The molecule has 41 heavy (non-hydrogen) atoms. The highest BCUT2D eigenvalue weighted by atomic mass is 19.4. The summed E-state index contributed by atoms with van der Waals surface area (Å²) in [7, 11) is 0. The normalized spacial score (nSPS) is 14.9. The monoisotopic (exact) mass is 561 g/mol. The maximum Gasteiger partial charge on any atom is 0.416 e. The van der Waals surface area contributed by atoms with Crippen LogP contribution in [-0.2, 0) is 6.18 Å². The van der Waals surface area contributed by atoms with Crippen molar-refractivity contribution < 1.29 is 18.0 Å². The zero-order valence-corrected chi connectivity index (χ0v) is 22.7. The Morgan fingerprint density at radius 2 is 1.80 bits per heavy atom. The van der Waals surface area contributed by atoms with E-state index in [1.54, 1.807) is 42.9 Å². The van der Waals surface area contributed by atoms with Crippen LogP contribution in [0.1, 0.15) is 52.7 Å². The fourth-order valence-corrected chi connectivity index (χ4v) is 5.11. The number of hydrogen-bond donors (Lipinski definition) is 3. The molecule has 3 N–H and O–H groups in total. The highest BCUT2D eigenvalue weighted by Crippen LogP contribution is 2.40. The molecule has 8 nitrogen and oxygen atoms in total. The first kappa shape index (κ1) is 28.2. The number of amides is 1. The molecule has 1 saturated heterocycles. The Balaban J connectivity index is 1.35. The first-order valence-corrected chi connectivity index (χ1v) is 13.4. The first-order chi connectivity index (χ1) is 19.7. The maximum atomic E-state index is 14.1. The van der Waals surface area contributed by atoms with Gasteiger partial charge in [0.15, 0.2) is 0 Å². The number of aryl methyl sites for hydroxylation is 1. The number of carbonyl (C=O) groups is 1. The number of hydrogen-bond acceptors (Lipinski definition) is 7. The molecule has 0 aliphatic carbocycles. The lowest BCUT2D eigenvalue weighted by Crippen LogP contribution is -2.30. The molecule has 0 bridgehead atoms. The Morgan fingerprint density at radius 1 is 1.05 bits per heavy atom. The van der Waals surface area contributed by atoms with Gasteiger partial charge in [-0.25, -0.2) is 19.9 Å². The van der Waals surface area contributed by atoms with Gasteiger partial charge in [0.05, 0.1) is 11.3 Å². The van der Waals surface area contributed by atoms with E-state index in [1.807, 2.05) is 13.8 Å². The van der Waals surface area contributed by atoms with Gasteiger partial charge in [-0.1, -0.05) is 19.1 Å². The van der Waals surface area contributed by atoms with Crippen molar-refractivity contribution in [1.82, 2.24) is 25.3 Å². The van der Waals surface area contributed by atoms with E-state index in [9.17, 15) is 18.0 Å². The predicted octanol–water partition coefficient (Wildman–Crippen LogP) is 6.36. The molecule has 5 rings (SSSR count). The van der Waals surface area contributed by atoms with Gasteiger partial charge in [0, 0.05) is 41.1 Å². The number of piperidine rings is 1. The molecule has 1 amide bonds. The highest BCUT2D eigenvalue weighted by molar-refractivity contribution is 6.04. The maximum absolute atomic E-state index is 14.1. The Bertz CT molecular complexity index is 1520. The van der Waals surface area contributed by atoms with Crippen LogP contribution in [0.25, 0.3) is 11.3 Å². The molecule has 1 unspecified atom stereocenters. The number of nitrogens with zero attached hydrogens (tertiary/aromatic N) is 4. The molecule has 2 aromatic heterocycles. The van der Waals surface area contributed by atoms with Crippen LogP contribution in [-0.4, -0.2) is 38.9 Å². The molecule has 0 saturated carbocycles. The van der Waals surface area contributed by atoms with Gasteiger partial charge >= 0.3 is 6.18 Å². The lowest BCUT2D eigenvalue weighted by molar-refractivity contribution is -0.138. The van der Waals surface area contributed by atoms with E-state index in [4.69, 9.17) is 0 Å². The smallest absolute Gasteiger partial charge is 0.324 e. The molecule has 1 fully saturated rings. The van der Waals surface area contributed by atoms with Crippen molar-refractivity contribution in [2.45, 2.75) is 38.8 Å². The van der Waals surface area contributed by atoms with E-state index in [1.165, 1.54) is 18.5 Å². The molecular formula is C30H30F3N7O. The molecular weight excluding hydrogens is 531 g/mol. The van der Waals surface area contributed by atoms with Crippen LogP contribution in [0.2, 0.25) is 0 Å². The van der Waals surface area contributed by atoms with Crippen LogP contribution >= 0.6 is 0 Å². The number of halogens is 3. The van der Waals surface area contributed by atoms with Crippen molar-refractivity contribution in [3.63, 3.8) is 0 Å². The third kappa shape index (κ3) is 6.68. The Hall–Kier alpha value is -4.38. The van der Waals surface area contributed by atoms with Crippen molar-refractivity contribution in [3.05, 3.63) is 89.6 Å². The second kappa shape index (κ2) is 12.0. The van der Waals surface area contributed by atoms with E-state index < -0.39 is 17.6 Å². The standard InChI is InChI=1S/C30H30F3N7O/c1-18-3-5-23(14-27(18)40-29-37-12-9-26(39-29)22-15-35-17-36-16-22)38-28(41)21-4-6-24(25(13-21)30(31,32)33)19(2)20-7-10-34-11-8-20/h3-6,9,12-17,19-20,34H,7-8,10-11H2,1-2H3,(H,38,41)(H,37,39,40). The summed E-state index contributed by atoms with van der Waals surface area (Å²) in [6.07, 6.45) is 3.39. The number of anilines is 3. The molecule has 1 atom stereocenters. The number of carbonyl (C=O) groups excluding carboxylic acids is 1.